The summed E-state index contributed by atoms with van der Waals surface area (Å²) in [5, 5.41) is 3.84. The lowest BCUT2D eigenvalue weighted by molar-refractivity contribution is -0.120. The Morgan fingerprint density at radius 2 is 2.32 bits per heavy atom. The van der Waals surface area contributed by atoms with E-state index in [2.05, 4.69) is 10.3 Å². The zero-order valence-corrected chi connectivity index (χ0v) is 12.5. The molecule has 1 N–H and O–H groups in total. The van der Waals surface area contributed by atoms with Crippen molar-refractivity contribution in [2.45, 2.75) is 5.03 Å². The van der Waals surface area contributed by atoms with Gasteiger partial charge >= 0.3 is 0 Å². The van der Waals surface area contributed by atoms with Gasteiger partial charge in [-0.05, 0) is 0 Å². The SMILES string of the molecule is CNC(=O)CN(C)S(=O)(=O)c1c(Cl)nc2sccn12. The number of sulfonamides is 1. The highest BCUT2D eigenvalue weighted by atomic mass is 35.5. The maximum Gasteiger partial charge on any atom is 0.262 e. The molecule has 0 saturated carbocycles. The third-order valence-electron chi connectivity index (χ3n) is 2.48. The van der Waals surface area contributed by atoms with Gasteiger partial charge in [0.25, 0.3) is 10.0 Å². The second kappa shape index (κ2) is 5.08. The number of carbonyl (C=O) groups is 1. The molecule has 0 aliphatic heterocycles. The highest BCUT2D eigenvalue weighted by Crippen LogP contribution is 2.27. The number of rotatable bonds is 4. The van der Waals surface area contributed by atoms with Crippen LogP contribution >= 0.6 is 22.9 Å². The van der Waals surface area contributed by atoms with Crippen LogP contribution in [0.5, 0.6) is 0 Å². The van der Waals surface area contributed by atoms with Crippen LogP contribution in [0, 0.1) is 0 Å². The second-order valence-corrected chi connectivity index (χ2v) is 6.89. The van der Waals surface area contributed by atoms with E-state index in [0.717, 1.165) is 4.31 Å². The third kappa shape index (κ3) is 2.46. The van der Waals surface area contributed by atoms with Crippen molar-refractivity contribution in [3.05, 3.63) is 16.7 Å². The van der Waals surface area contributed by atoms with Crippen molar-refractivity contribution < 1.29 is 13.2 Å². The van der Waals surface area contributed by atoms with Gasteiger partial charge in [-0.15, -0.1) is 11.3 Å². The first-order chi connectivity index (χ1) is 8.87. The molecular formula is C9H11ClN4O3S2. The lowest BCUT2D eigenvalue weighted by atomic mass is 10.6. The van der Waals surface area contributed by atoms with Crippen LogP contribution in [-0.2, 0) is 14.8 Å². The summed E-state index contributed by atoms with van der Waals surface area (Å²) in [6.45, 7) is -0.285. The van der Waals surface area contributed by atoms with E-state index in [1.807, 2.05) is 0 Å². The number of nitrogens with zero attached hydrogens (tertiary/aromatic N) is 3. The minimum absolute atomic E-state index is 0.101. The summed E-state index contributed by atoms with van der Waals surface area (Å²) in [5.41, 5.74) is 0. The third-order valence-corrected chi connectivity index (χ3v) is 5.44. The summed E-state index contributed by atoms with van der Waals surface area (Å²) >= 11 is 7.15. The zero-order valence-electron chi connectivity index (χ0n) is 10.1. The maximum atomic E-state index is 12.4. The van der Waals surface area contributed by atoms with Crippen LogP contribution in [0.15, 0.2) is 16.6 Å². The summed E-state index contributed by atoms with van der Waals surface area (Å²) in [6, 6.07) is 0. The van der Waals surface area contributed by atoms with Crippen LogP contribution in [0.25, 0.3) is 4.96 Å². The van der Waals surface area contributed by atoms with Gasteiger partial charge in [-0.2, -0.15) is 4.31 Å². The fraction of sp³-hybridized carbons (Fsp3) is 0.333. The lowest BCUT2D eigenvalue weighted by Gasteiger charge is -2.15. The Morgan fingerprint density at radius 1 is 1.63 bits per heavy atom. The molecule has 0 aromatic carbocycles. The summed E-state index contributed by atoms with van der Waals surface area (Å²) in [7, 11) is -1.13. The first-order valence-electron chi connectivity index (χ1n) is 5.16. The number of fused-ring (bicyclic) bond motifs is 1. The maximum absolute atomic E-state index is 12.4. The number of aromatic nitrogens is 2. The number of thiazole rings is 1. The fourth-order valence-electron chi connectivity index (χ4n) is 1.48. The molecule has 0 aliphatic rings. The minimum Gasteiger partial charge on any atom is -0.358 e. The number of hydrogen-bond donors (Lipinski definition) is 1. The van der Waals surface area contributed by atoms with E-state index in [-0.39, 0.29) is 16.7 Å². The molecule has 2 rings (SSSR count). The Bertz CT molecular complexity index is 721. The van der Waals surface area contributed by atoms with E-state index < -0.39 is 15.9 Å². The Labute approximate surface area is 118 Å². The van der Waals surface area contributed by atoms with E-state index in [4.69, 9.17) is 11.6 Å². The highest BCUT2D eigenvalue weighted by molar-refractivity contribution is 7.89. The van der Waals surface area contributed by atoms with Gasteiger partial charge in [-0.1, -0.05) is 11.6 Å². The molecule has 19 heavy (non-hydrogen) atoms. The molecular weight excluding hydrogens is 312 g/mol. The summed E-state index contributed by atoms with van der Waals surface area (Å²) < 4.78 is 27.1. The van der Waals surface area contributed by atoms with Gasteiger partial charge in [-0.25, -0.2) is 13.4 Å². The first kappa shape index (κ1) is 14.3. The molecule has 0 atom stereocenters. The number of likely N-dealkylation sites (N-methyl/N-ethyl adjacent to an activating group) is 2. The number of halogens is 1. The summed E-state index contributed by atoms with van der Waals surface area (Å²) in [5.74, 6) is -0.409. The van der Waals surface area contributed by atoms with Gasteiger partial charge in [0.05, 0.1) is 6.54 Å². The average molecular weight is 323 g/mol. The number of imidazole rings is 1. The van der Waals surface area contributed by atoms with Crippen molar-refractivity contribution in [2.75, 3.05) is 20.6 Å². The first-order valence-corrected chi connectivity index (χ1v) is 7.85. The molecule has 0 unspecified atom stereocenters. The summed E-state index contributed by atoms with van der Waals surface area (Å²) in [4.78, 5) is 15.7. The van der Waals surface area contributed by atoms with E-state index in [0.29, 0.717) is 4.96 Å². The molecule has 7 nitrogen and oxygen atoms in total. The van der Waals surface area contributed by atoms with Gasteiger partial charge in [0.15, 0.2) is 15.1 Å². The Kier molecular flexibility index (Phi) is 3.81. The monoisotopic (exact) mass is 322 g/mol. The number of hydrogen-bond acceptors (Lipinski definition) is 5. The topological polar surface area (TPSA) is 83.8 Å². The van der Waals surface area contributed by atoms with Gasteiger partial charge in [-0.3, -0.25) is 9.20 Å². The van der Waals surface area contributed by atoms with Crippen LogP contribution in [-0.4, -0.2) is 48.7 Å². The van der Waals surface area contributed by atoms with Crippen molar-refractivity contribution in [3.63, 3.8) is 0 Å². The van der Waals surface area contributed by atoms with Gasteiger partial charge < -0.3 is 5.32 Å². The predicted molar refractivity (Wildman–Crippen MR) is 72.0 cm³/mol. The van der Waals surface area contributed by atoms with Crippen molar-refractivity contribution in [1.82, 2.24) is 19.0 Å². The van der Waals surface area contributed by atoms with Gasteiger partial charge in [0, 0.05) is 25.7 Å². The molecule has 0 spiro atoms. The number of nitrogens with one attached hydrogen (secondary N) is 1. The summed E-state index contributed by atoms with van der Waals surface area (Å²) in [6.07, 6.45) is 1.57. The molecule has 10 heteroatoms. The Hall–Kier alpha value is -1.16. The quantitative estimate of drug-likeness (QED) is 0.884. The van der Waals surface area contributed by atoms with E-state index in [1.54, 1.807) is 11.6 Å². The smallest absolute Gasteiger partial charge is 0.262 e. The van der Waals surface area contributed by atoms with Crippen LogP contribution in [0.1, 0.15) is 0 Å². The predicted octanol–water partition coefficient (Wildman–Crippen LogP) is 0.416. The minimum atomic E-state index is -3.88. The number of amides is 1. The van der Waals surface area contributed by atoms with Crippen LogP contribution in [0.2, 0.25) is 5.15 Å². The van der Waals surface area contributed by atoms with Gasteiger partial charge in [0.1, 0.15) is 0 Å². The second-order valence-electron chi connectivity index (χ2n) is 3.70. The molecule has 1 amide bonds. The standard InChI is InChI=1S/C9H11ClN4O3S2/c1-11-6(15)5-13(2)19(16,17)8-7(10)12-9-14(8)3-4-18-9/h3-4H,5H2,1-2H3,(H,11,15). The highest BCUT2D eigenvalue weighted by Gasteiger charge is 2.30. The van der Waals surface area contributed by atoms with Crippen LogP contribution in [0.4, 0.5) is 0 Å². The van der Waals surface area contributed by atoms with Crippen molar-refractivity contribution in [3.8, 4) is 0 Å². The molecule has 2 heterocycles. The number of carbonyl (C=O) groups excluding carboxylic acids is 1. The zero-order chi connectivity index (χ0) is 14.2. The van der Waals surface area contributed by atoms with Crippen LogP contribution < -0.4 is 5.32 Å². The molecule has 0 bridgehead atoms. The van der Waals surface area contributed by atoms with Crippen LogP contribution in [0.3, 0.4) is 0 Å². The Morgan fingerprint density at radius 3 is 2.95 bits per heavy atom. The van der Waals surface area contributed by atoms with Crippen molar-refractivity contribution in [2.24, 2.45) is 0 Å². The molecule has 2 aromatic heterocycles. The lowest BCUT2D eigenvalue weighted by Crippen LogP contribution is -2.37. The molecule has 104 valence electrons. The molecule has 0 saturated heterocycles. The Balaban J connectivity index is 2.46. The van der Waals surface area contributed by atoms with Crippen molar-refractivity contribution in [1.29, 1.82) is 0 Å². The van der Waals surface area contributed by atoms with Crippen molar-refractivity contribution >= 4 is 43.8 Å². The largest absolute Gasteiger partial charge is 0.358 e. The normalized spacial score (nSPS) is 12.2. The molecule has 0 fully saturated rings. The molecule has 0 aliphatic carbocycles. The molecule has 2 aromatic rings. The van der Waals surface area contributed by atoms with E-state index in [1.165, 1.54) is 29.8 Å². The van der Waals surface area contributed by atoms with E-state index >= 15 is 0 Å². The molecule has 0 radical (unpaired) electrons. The average Bonchev–Trinajstić information content (AvgIpc) is 2.87. The van der Waals surface area contributed by atoms with E-state index in [9.17, 15) is 13.2 Å². The van der Waals surface area contributed by atoms with Gasteiger partial charge in [0.2, 0.25) is 5.91 Å². The fourth-order valence-corrected chi connectivity index (χ4v) is 4.01.